The predicted octanol–water partition coefficient (Wildman–Crippen LogP) is 1.37. The Kier molecular flexibility index (Phi) is 6.12. The summed E-state index contributed by atoms with van der Waals surface area (Å²) in [7, 11) is 0.155. The fraction of sp³-hybridized carbons (Fsp3) is 0.583. The summed E-state index contributed by atoms with van der Waals surface area (Å²) in [6, 6.07) is 0. The van der Waals surface area contributed by atoms with Crippen molar-refractivity contribution in [3.63, 3.8) is 0 Å². The number of nitrogens with one attached hydrogen (secondary N) is 1. The average molecular weight is 320 g/mol. The van der Waals surface area contributed by atoms with Crippen LogP contribution in [0.3, 0.4) is 0 Å². The number of thiophene rings is 1. The van der Waals surface area contributed by atoms with Crippen LogP contribution in [0.4, 0.5) is 0 Å². The average Bonchev–Trinajstić information content (AvgIpc) is 2.71. The van der Waals surface area contributed by atoms with Crippen LogP contribution in [0.15, 0.2) is 10.3 Å². The molecule has 0 saturated carbocycles. The highest BCUT2D eigenvalue weighted by Crippen LogP contribution is 2.26. The molecule has 114 valence electrons. The van der Waals surface area contributed by atoms with E-state index in [-0.39, 0.29) is 9.77 Å². The molecule has 0 aliphatic rings. The number of aromatic carboxylic acids is 1. The van der Waals surface area contributed by atoms with E-state index < -0.39 is 16.0 Å². The number of hydrogen-bond donors (Lipinski definition) is 2. The standard InChI is InChI=1S/C12H20N2O4S2/c1-9-8-19-10(12(15)16)11(9)20(17,18)13-6-4-5-7-14(2)3/h8,13H,4-7H2,1-3H3,(H,15,16). The predicted molar refractivity (Wildman–Crippen MR) is 79.0 cm³/mol. The van der Waals surface area contributed by atoms with Gasteiger partial charge in [-0.25, -0.2) is 17.9 Å². The van der Waals surface area contributed by atoms with Crippen molar-refractivity contribution in [1.82, 2.24) is 9.62 Å². The first-order valence-electron chi connectivity index (χ1n) is 6.21. The number of hydrogen-bond acceptors (Lipinski definition) is 5. The summed E-state index contributed by atoms with van der Waals surface area (Å²) < 4.78 is 26.8. The van der Waals surface area contributed by atoms with Crippen LogP contribution in [-0.4, -0.2) is 51.6 Å². The first-order chi connectivity index (χ1) is 9.25. The van der Waals surface area contributed by atoms with Gasteiger partial charge >= 0.3 is 5.97 Å². The Morgan fingerprint density at radius 3 is 2.60 bits per heavy atom. The Balaban J connectivity index is 2.70. The van der Waals surface area contributed by atoms with E-state index in [1.165, 1.54) is 0 Å². The van der Waals surface area contributed by atoms with Crippen LogP contribution in [-0.2, 0) is 10.0 Å². The van der Waals surface area contributed by atoms with Gasteiger partial charge in [0.2, 0.25) is 10.0 Å². The van der Waals surface area contributed by atoms with Crippen molar-refractivity contribution >= 4 is 27.3 Å². The molecular formula is C12H20N2O4S2. The minimum Gasteiger partial charge on any atom is -0.477 e. The molecule has 20 heavy (non-hydrogen) atoms. The van der Waals surface area contributed by atoms with Crippen LogP contribution in [0.2, 0.25) is 0 Å². The Bertz CT molecular complexity index is 564. The van der Waals surface area contributed by atoms with Gasteiger partial charge in [-0.15, -0.1) is 11.3 Å². The zero-order valence-electron chi connectivity index (χ0n) is 11.8. The zero-order chi connectivity index (χ0) is 15.3. The summed E-state index contributed by atoms with van der Waals surface area (Å²) in [5, 5.41) is 10.6. The monoisotopic (exact) mass is 320 g/mol. The number of sulfonamides is 1. The van der Waals surface area contributed by atoms with E-state index in [1.807, 2.05) is 19.0 Å². The number of unbranched alkanes of at least 4 members (excludes halogenated alkanes) is 1. The van der Waals surface area contributed by atoms with Crippen LogP contribution >= 0.6 is 11.3 Å². The molecule has 1 heterocycles. The molecule has 0 unspecified atom stereocenters. The van der Waals surface area contributed by atoms with E-state index in [1.54, 1.807) is 12.3 Å². The number of nitrogens with zero attached hydrogens (tertiary/aromatic N) is 1. The first kappa shape index (κ1) is 17.1. The van der Waals surface area contributed by atoms with Crippen molar-refractivity contribution in [3.05, 3.63) is 15.8 Å². The molecule has 0 atom stereocenters. The van der Waals surface area contributed by atoms with Gasteiger partial charge in [0.25, 0.3) is 0 Å². The third kappa shape index (κ3) is 4.55. The van der Waals surface area contributed by atoms with Crippen molar-refractivity contribution in [2.75, 3.05) is 27.2 Å². The molecule has 8 heteroatoms. The molecule has 0 radical (unpaired) electrons. The highest BCUT2D eigenvalue weighted by Gasteiger charge is 2.26. The van der Waals surface area contributed by atoms with Gasteiger partial charge < -0.3 is 10.0 Å². The molecule has 2 N–H and O–H groups in total. The summed E-state index contributed by atoms with van der Waals surface area (Å²) in [5.41, 5.74) is 0.466. The molecule has 0 fully saturated rings. The van der Waals surface area contributed by atoms with Gasteiger partial charge in [-0.3, -0.25) is 0 Å². The minimum absolute atomic E-state index is 0.109. The van der Waals surface area contributed by atoms with Gasteiger partial charge in [-0.2, -0.15) is 0 Å². The van der Waals surface area contributed by atoms with Crippen LogP contribution in [0.1, 0.15) is 28.1 Å². The topological polar surface area (TPSA) is 86.7 Å². The fourth-order valence-corrected chi connectivity index (χ4v) is 4.45. The Morgan fingerprint density at radius 1 is 1.40 bits per heavy atom. The molecule has 0 bridgehead atoms. The van der Waals surface area contributed by atoms with Gasteiger partial charge in [0.1, 0.15) is 9.77 Å². The molecule has 1 aromatic rings. The van der Waals surface area contributed by atoms with E-state index in [2.05, 4.69) is 4.72 Å². The molecular weight excluding hydrogens is 300 g/mol. The van der Waals surface area contributed by atoms with Crippen molar-refractivity contribution in [2.24, 2.45) is 0 Å². The molecule has 0 amide bonds. The molecule has 1 aromatic heterocycles. The first-order valence-corrected chi connectivity index (χ1v) is 8.57. The van der Waals surface area contributed by atoms with Crippen molar-refractivity contribution < 1.29 is 18.3 Å². The fourth-order valence-electron chi connectivity index (χ4n) is 1.75. The van der Waals surface area contributed by atoms with Gasteiger partial charge in [0, 0.05) is 6.54 Å². The molecule has 0 aromatic carbocycles. The number of carboxylic acid groups (broad SMARTS) is 1. The summed E-state index contributed by atoms with van der Waals surface area (Å²) in [6.45, 7) is 2.80. The van der Waals surface area contributed by atoms with E-state index in [9.17, 15) is 13.2 Å². The molecule has 0 saturated heterocycles. The minimum atomic E-state index is -3.76. The molecule has 6 nitrogen and oxygen atoms in total. The lowest BCUT2D eigenvalue weighted by Gasteiger charge is -2.10. The summed E-state index contributed by atoms with van der Waals surface area (Å²) in [6.07, 6.45) is 1.59. The van der Waals surface area contributed by atoms with Crippen LogP contribution in [0.25, 0.3) is 0 Å². The smallest absolute Gasteiger partial charge is 0.347 e. The lowest BCUT2D eigenvalue weighted by Crippen LogP contribution is -2.27. The van der Waals surface area contributed by atoms with Gasteiger partial charge in [0.05, 0.1) is 0 Å². The second-order valence-corrected chi connectivity index (χ2v) is 7.37. The Labute approximate surface area is 123 Å². The molecule has 0 spiro atoms. The number of rotatable bonds is 8. The highest BCUT2D eigenvalue weighted by atomic mass is 32.2. The Morgan fingerprint density at radius 2 is 2.05 bits per heavy atom. The van der Waals surface area contributed by atoms with Gasteiger partial charge in [-0.1, -0.05) is 0 Å². The van der Waals surface area contributed by atoms with E-state index in [0.717, 1.165) is 24.3 Å². The lowest BCUT2D eigenvalue weighted by molar-refractivity contribution is 0.0698. The van der Waals surface area contributed by atoms with Gasteiger partial charge in [-0.05, 0) is 51.3 Å². The summed E-state index contributed by atoms with van der Waals surface area (Å²) in [5.74, 6) is -1.21. The van der Waals surface area contributed by atoms with Crippen LogP contribution in [0, 0.1) is 6.92 Å². The van der Waals surface area contributed by atoms with E-state index >= 15 is 0 Å². The Hall–Kier alpha value is -0.960. The maximum Gasteiger partial charge on any atom is 0.347 e. The molecule has 0 aliphatic heterocycles. The second-order valence-electron chi connectivity index (χ2n) is 4.79. The maximum absolute atomic E-state index is 12.2. The number of aryl methyl sites for hydroxylation is 1. The van der Waals surface area contributed by atoms with E-state index in [0.29, 0.717) is 18.5 Å². The number of carbonyl (C=O) groups is 1. The van der Waals surface area contributed by atoms with Crippen molar-refractivity contribution in [2.45, 2.75) is 24.7 Å². The second kappa shape index (κ2) is 7.16. The quantitative estimate of drug-likeness (QED) is 0.707. The molecule has 1 rings (SSSR count). The van der Waals surface area contributed by atoms with E-state index in [4.69, 9.17) is 5.11 Å². The number of carboxylic acids is 1. The third-order valence-electron chi connectivity index (χ3n) is 2.71. The summed E-state index contributed by atoms with van der Waals surface area (Å²) >= 11 is 0.933. The van der Waals surface area contributed by atoms with Gasteiger partial charge in [0.15, 0.2) is 0 Å². The highest BCUT2D eigenvalue weighted by molar-refractivity contribution is 7.89. The van der Waals surface area contributed by atoms with Crippen molar-refractivity contribution in [3.8, 4) is 0 Å². The SMILES string of the molecule is Cc1csc(C(=O)O)c1S(=O)(=O)NCCCCN(C)C. The zero-order valence-corrected chi connectivity index (χ0v) is 13.5. The lowest BCUT2D eigenvalue weighted by atomic mass is 10.3. The third-order valence-corrected chi connectivity index (χ3v) is 5.57. The summed E-state index contributed by atoms with van der Waals surface area (Å²) in [4.78, 5) is 12.8. The normalized spacial score (nSPS) is 12.0. The largest absolute Gasteiger partial charge is 0.477 e. The van der Waals surface area contributed by atoms with Crippen molar-refractivity contribution in [1.29, 1.82) is 0 Å². The molecule has 0 aliphatic carbocycles. The van der Waals surface area contributed by atoms with Crippen LogP contribution < -0.4 is 4.72 Å². The van der Waals surface area contributed by atoms with Crippen LogP contribution in [0.5, 0.6) is 0 Å². The maximum atomic E-state index is 12.2.